The van der Waals surface area contributed by atoms with E-state index in [1.165, 1.54) is 32.1 Å². The van der Waals surface area contributed by atoms with Crippen LogP contribution in [0, 0.1) is 0 Å². The summed E-state index contributed by atoms with van der Waals surface area (Å²) in [5, 5.41) is 6.39. The second-order valence-corrected chi connectivity index (χ2v) is 6.87. The molecule has 106 valence electrons. The largest absolute Gasteiger partial charge is 0.354 e. The molecule has 0 bridgehead atoms. The first-order chi connectivity index (χ1) is 8.58. The van der Waals surface area contributed by atoms with E-state index < -0.39 is 0 Å². The van der Waals surface area contributed by atoms with E-state index in [0.717, 1.165) is 13.1 Å². The van der Waals surface area contributed by atoms with E-state index in [-0.39, 0.29) is 11.9 Å². The van der Waals surface area contributed by atoms with Gasteiger partial charge in [0.05, 0.1) is 0 Å². The van der Waals surface area contributed by atoms with Crippen LogP contribution >= 0.6 is 11.8 Å². The van der Waals surface area contributed by atoms with E-state index in [2.05, 4.69) is 16.9 Å². The van der Waals surface area contributed by atoms with Gasteiger partial charge in [0.15, 0.2) is 0 Å². The van der Waals surface area contributed by atoms with E-state index in [0.29, 0.717) is 11.2 Å². The molecule has 0 heterocycles. The highest BCUT2D eigenvalue weighted by molar-refractivity contribution is 8.00. The van der Waals surface area contributed by atoms with Crippen LogP contribution in [0.1, 0.15) is 52.4 Å². The Morgan fingerprint density at radius 1 is 1.28 bits per heavy atom. The quantitative estimate of drug-likeness (QED) is 0.700. The molecule has 1 saturated carbocycles. The standard InChI is InChI=1S/C14H28N2OS/c1-12(2)16-13(17)7-10-15-11-14(18-3)8-5-4-6-9-14/h12,15H,4-11H2,1-3H3,(H,16,17). The Balaban J connectivity index is 2.17. The molecule has 3 nitrogen and oxygen atoms in total. The molecule has 1 aliphatic carbocycles. The zero-order valence-electron chi connectivity index (χ0n) is 12.1. The van der Waals surface area contributed by atoms with Crippen molar-refractivity contribution in [2.75, 3.05) is 19.3 Å². The Labute approximate surface area is 116 Å². The minimum atomic E-state index is 0.152. The van der Waals surface area contributed by atoms with Gasteiger partial charge in [-0.2, -0.15) is 11.8 Å². The van der Waals surface area contributed by atoms with E-state index in [9.17, 15) is 4.79 Å². The Morgan fingerprint density at radius 3 is 2.50 bits per heavy atom. The van der Waals surface area contributed by atoms with Gasteiger partial charge < -0.3 is 10.6 Å². The molecule has 1 amide bonds. The Hall–Kier alpha value is -0.220. The van der Waals surface area contributed by atoms with Gasteiger partial charge in [-0.1, -0.05) is 19.3 Å². The van der Waals surface area contributed by atoms with Crippen LogP contribution in [0.2, 0.25) is 0 Å². The van der Waals surface area contributed by atoms with Crippen molar-refractivity contribution in [2.45, 2.75) is 63.2 Å². The highest BCUT2D eigenvalue weighted by atomic mass is 32.2. The molecule has 0 aromatic heterocycles. The molecular formula is C14H28N2OS. The summed E-state index contributed by atoms with van der Waals surface area (Å²) in [5.41, 5.74) is 0. The molecule has 0 spiro atoms. The first-order valence-electron chi connectivity index (χ1n) is 7.13. The molecule has 0 saturated heterocycles. The molecule has 0 atom stereocenters. The summed E-state index contributed by atoms with van der Waals surface area (Å²) in [4.78, 5) is 11.5. The Bertz CT molecular complexity index is 250. The summed E-state index contributed by atoms with van der Waals surface area (Å²) in [5.74, 6) is 0.152. The number of amides is 1. The SMILES string of the molecule is CSC1(CNCCC(=O)NC(C)C)CCCCC1. The third kappa shape index (κ3) is 5.61. The van der Waals surface area contributed by atoms with Crippen LogP contribution in [0.5, 0.6) is 0 Å². The van der Waals surface area contributed by atoms with Crippen LogP contribution in [0.3, 0.4) is 0 Å². The number of hydrogen-bond donors (Lipinski definition) is 2. The molecule has 0 unspecified atom stereocenters. The molecule has 1 fully saturated rings. The fraction of sp³-hybridized carbons (Fsp3) is 0.929. The lowest BCUT2D eigenvalue weighted by atomic mass is 9.88. The van der Waals surface area contributed by atoms with Crippen molar-refractivity contribution in [1.82, 2.24) is 10.6 Å². The van der Waals surface area contributed by atoms with Crippen molar-refractivity contribution < 1.29 is 4.79 Å². The number of carbonyl (C=O) groups excluding carboxylic acids is 1. The van der Waals surface area contributed by atoms with Gasteiger partial charge in [-0.15, -0.1) is 0 Å². The molecule has 0 aromatic rings. The predicted molar refractivity (Wildman–Crippen MR) is 80.1 cm³/mol. The second-order valence-electron chi connectivity index (χ2n) is 5.60. The lowest BCUT2D eigenvalue weighted by Crippen LogP contribution is -2.41. The average Bonchev–Trinajstić information content (AvgIpc) is 2.35. The van der Waals surface area contributed by atoms with Crippen molar-refractivity contribution >= 4 is 17.7 Å². The molecule has 18 heavy (non-hydrogen) atoms. The average molecular weight is 272 g/mol. The Kier molecular flexibility index (Phi) is 7.08. The molecule has 0 radical (unpaired) electrons. The van der Waals surface area contributed by atoms with Gasteiger partial charge in [0.2, 0.25) is 5.91 Å². The van der Waals surface area contributed by atoms with E-state index in [1.54, 1.807) is 0 Å². The maximum absolute atomic E-state index is 11.5. The van der Waals surface area contributed by atoms with E-state index in [4.69, 9.17) is 0 Å². The van der Waals surface area contributed by atoms with Crippen LogP contribution in [0.4, 0.5) is 0 Å². The molecule has 1 rings (SSSR count). The number of thioether (sulfide) groups is 1. The van der Waals surface area contributed by atoms with Gasteiger partial charge in [-0.3, -0.25) is 4.79 Å². The highest BCUT2D eigenvalue weighted by Crippen LogP contribution is 2.37. The minimum Gasteiger partial charge on any atom is -0.354 e. The maximum atomic E-state index is 11.5. The third-order valence-corrected chi connectivity index (χ3v) is 5.04. The van der Waals surface area contributed by atoms with Crippen molar-refractivity contribution in [3.63, 3.8) is 0 Å². The van der Waals surface area contributed by atoms with Crippen molar-refractivity contribution in [3.05, 3.63) is 0 Å². The second kappa shape index (κ2) is 8.05. The lowest BCUT2D eigenvalue weighted by Gasteiger charge is -2.36. The van der Waals surface area contributed by atoms with Crippen LogP contribution in [0.15, 0.2) is 0 Å². The zero-order valence-corrected chi connectivity index (χ0v) is 12.9. The van der Waals surface area contributed by atoms with Crippen molar-refractivity contribution in [3.8, 4) is 0 Å². The highest BCUT2D eigenvalue weighted by Gasteiger charge is 2.30. The fourth-order valence-corrected chi connectivity index (χ4v) is 3.50. The fourth-order valence-electron chi connectivity index (χ4n) is 2.56. The van der Waals surface area contributed by atoms with Gasteiger partial charge in [0, 0.05) is 30.3 Å². The predicted octanol–water partition coefficient (Wildman–Crippen LogP) is 2.56. The van der Waals surface area contributed by atoms with Crippen LogP contribution in [0.25, 0.3) is 0 Å². The van der Waals surface area contributed by atoms with E-state index in [1.807, 2.05) is 25.6 Å². The summed E-state index contributed by atoms with van der Waals surface area (Å²) in [6.45, 7) is 5.83. The van der Waals surface area contributed by atoms with Gasteiger partial charge in [-0.25, -0.2) is 0 Å². The minimum absolute atomic E-state index is 0.152. The number of hydrogen-bond acceptors (Lipinski definition) is 3. The molecule has 2 N–H and O–H groups in total. The molecular weight excluding hydrogens is 244 g/mol. The molecule has 0 aliphatic heterocycles. The van der Waals surface area contributed by atoms with Crippen LogP contribution < -0.4 is 10.6 Å². The smallest absolute Gasteiger partial charge is 0.221 e. The van der Waals surface area contributed by atoms with Crippen LogP contribution in [-0.2, 0) is 4.79 Å². The molecule has 0 aromatic carbocycles. The summed E-state index contributed by atoms with van der Waals surface area (Å²) < 4.78 is 0.423. The molecule has 4 heteroatoms. The van der Waals surface area contributed by atoms with Gasteiger partial charge in [0.25, 0.3) is 0 Å². The summed E-state index contributed by atoms with van der Waals surface area (Å²) in [6, 6.07) is 0.244. The number of rotatable bonds is 7. The van der Waals surface area contributed by atoms with Crippen LogP contribution in [-0.4, -0.2) is 36.0 Å². The monoisotopic (exact) mass is 272 g/mol. The van der Waals surface area contributed by atoms with E-state index >= 15 is 0 Å². The first kappa shape index (κ1) is 15.8. The van der Waals surface area contributed by atoms with Gasteiger partial charge in [-0.05, 0) is 32.9 Å². The Morgan fingerprint density at radius 2 is 1.94 bits per heavy atom. The number of carbonyl (C=O) groups is 1. The number of nitrogens with one attached hydrogen (secondary N) is 2. The normalized spacial score (nSPS) is 18.9. The summed E-state index contributed by atoms with van der Waals surface area (Å²) >= 11 is 2.00. The zero-order chi connectivity index (χ0) is 13.4. The maximum Gasteiger partial charge on any atom is 0.221 e. The van der Waals surface area contributed by atoms with Gasteiger partial charge >= 0.3 is 0 Å². The summed E-state index contributed by atoms with van der Waals surface area (Å²) in [6.07, 6.45) is 9.55. The topological polar surface area (TPSA) is 41.1 Å². The summed E-state index contributed by atoms with van der Waals surface area (Å²) in [7, 11) is 0. The van der Waals surface area contributed by atoms with Crippen molar-refractivity contribution in [2.24, 2.45) is 0 Å². The third-order valence-electron chi connectivity index (χ3n) is 3.62. The lowest BCUT2D eigenvalue weighted by molar-refractivity contribution is -0.121. The molecule has 1 aliphatic rings. The van der Waals surface area contributed by atoms with Gasteiger partial charge in [0.1, 0.15) is 0 Å². The van der Waals surface area contributed by atoms with Crippen molar-refractivity contribution in [1.29, 1.82) is 0 Å². The first-order valence-corrected chi connectivity index (χ1v) is 8.36.